The second-order valence-electron chi connectivity index (χ2n) is 12.5. The van der Waals surface area contributed by atoms with Crippen LogP contribution in [0.1, 0.15) is 0 Å². The molecule has 0 saturated heterocycles. The number of para-hydroxylation sites is 2. The fourth-order valence-corrected chi connectivity index (χ4v) is 7.31. The molecule has 3 heteroatoms. The van der Waals surface area contributed by atoms with Crippen molar-refractivity contribution in [2.45, 2.75) is 0 Å². The highest BCUT2D eigenvalue weighted by Crippen LogP contribution is 2.42. The van der Waals surface area contributed by atoms with Crippen molar-refractivity contribution in [2.75, 3.05) is 4.90 Å². The van der Waals surface area contributed by atoms with Gasteiger partial charge in [-0.3, -0.25) is 0 Å². The molecule has 230 valence electrons. The molecule has 0 bridgehead atoms. The summed E-state index contributed by atoms with van der Waals surface area (Å²) in [5, 5.41) is 6.80. The molecule has 0 aliphatic rings. The van der Waals surface area contributed by atoms with Gasteiger partial charge in [0.1, 0.15) is 22.3 Å². The summed E-state index contributed by atoms with van der Waals surface area (Å²) in [6.07, 6.45) is 0. The Bertz CT molecular complexity index is 2810. The molecule has 0 saturated carbocycles. The third-order valence-electron chi connectivity index (χ3n) is 9.67. The first-order valence-corrected chi connectivity index (χ1v) is 16.6. The van der Waals surface area contributed by atoms with Crippen molar-refractivity contribution in [3.05, 3.63) is 176 Å². The van der Waals surface area contributed by atoms with Crippen molar-refractivity contribution in [3.8, 4) is 22.3 Å². The number of rotatable bonds is 5. The molecule has 0 spiro atoms. The Hall–Kier alpha value is -6.58. The van der Waals surface area contributed by atoms with E-state index in [2.05, 4.69) is 157 Å². The quantitative estimate of drug-likeness (QED) is 0.190. The maximum Gasteiger partial charge on any atom is 0.143 e. The molecule has 3 nitrogen and oxygen atoms in total. The third kappa shape index (κ3) is 4.51. The molecule has 2 aromatic heterocycles. The summed E-state index contributed by atoms with van der Waals surface area (Å²) in [5.41, 5.74) is 11.5. The zero-order valence-corrected chi connectivity index (χ0v) is 26.5. The molecule has 0 unspecified atom stereocenters. The standard InChI is InChI=1S/C46H29NO2/c1-2-10-30(11-3-1)31-18-22-33(23-19-31)47(35-26-27-39-37-13-6-8-16-43(37)48-45(39)28-35)34-24-20-32(21-25-34)41-29-42-38-14-7-9-17-44(38)49-46(42)40-15-5-4-12-36(40)41/h1-29H. The van der Waals surface area contributed by atoms with E-state index in [1.54, 1.807) is 0 Å². The normalized spacial score (nSPS) is 11.7. The fraction of sp³-hybridized carbons (Fsp3) is 0. The average Bonchev–Trinajstić information content (AvgIpc) is 3.74. The number of nitrogens with zero attached hydrogens (tertiary/aromatic N) is 1. The van der Waals surface area contributed by atoms with Gasteiger partial charge >= 0.3 is 0 Å². The zero-order valence-electron chi connectivity index (χ0n) is 26.5. The van der Waals surface area contributed by atoms with Crippen LogP contribution in [0.25, 0.3) is 76.9 Å². The lowest BCUT2D eigenvalue weighted by Gasteiger charge is -2.26. The smallest absolute Gasteiger partial charge is 0.143 e. The SMILES string of the molecule is c1ccc(-c2ccc(N(c3ccc(-c4cc5c6ccccc6oc5c5ccccc45)cc3)c3ccc4c(c3)oc3ccccc34)cc2)cc1. The highest BCUT2D eigenvalue weighted by molar-refractivity contribution is 6.19. The number of furan rings is 2. The largest absolute Gasteiger partial charge is 0.456 e. The van der Waals surface area contributed by atoms with Crippen LogP contribution in [-0.4, -0.2) is 0 Å². The zero-order chi connectivity index (χ0) is 32.3. The number of hydrogen-bond donors (Lipinski definition) is 0. The van der Waals surface area contributed by atoms with Crippen molar-refractivity contribution < 1.29 is 8.83 Å². The first-order chi connectivity index (χ1) is 24.3. The van der Waals surface area contributed by atoms with Gasteiger partial charge < -0.3 is 13.7 Å². The monoisotopic (exact) mass is 627 g/mol. The van der Waals surface area contributed by atoms with Crippen LogP contribution in [0, 0.1) is 0 Å². The third-order valence-corrected chi connectivity index (χ3v) is 9.67. The number of anilines is 3. The molecular formula is C46H29NO2. The van der Waals surface area contributed by atoms with Gasteiger partial charge in [0.05, 0.1) is 0 Å². The predicted octanol–water partition coefficient (Wildman–Crippen LogP) is 13.4. The Morgan fingerprint density at radius 3 is 1.53 bits per heavy atom. The minimum absolute atomic E-state index is 0.869. The van der Waals surface area contributed by atoms with Crippen LogP contribution in [0.2, 0.25) is 0 Å². The highest BCUT2D eigenvalue weighted by Gasteiger charge is 2.18. The maximum absolute atomic E-state index is 6.38. The first kappa shape index (κ1) is 27.5. The van der Waals surface area contributed by atoms with Crippen LogP contribution >= 0.6 is 0 Å². The summed E-state index contributed by atoms with van der Waals surface area (Å²) in [6, 6.07) is 62.0. The molecule has 2 heterocycles. The van der Waals surface area contributed by atoms with E-state index in [9.17, 15) is 0 Å². The van der Waals surface area contributed by atoms with Crippen LogP contribution in [-0.2, 0) is 0 Å². The van der Waals surface area contributed by atoms with Gasteiger partial charge in [-0.05, 0) is 82.2 Å². The van der Waals surface area contributed by atoms with E-state index < -0.39 is 0 Å². The van der Waals surface area contributed by atoms with Crippen LogP contribution in [0.5, 0.6) is 0 Å². The Labute approximate surface area is 282 Å². The molecule has 10 rings (SSSR count). The Morgan fingerprint density at radius 1 is 0.306 bits per heavy atom. The van der Waals surface area contributed by atoms with Gasteiger partial charge in [-0.2, -0.15) is 0 Å². The topological polar surface area (TPSA) is 29.5 Å². The first-order valence-electron chi connectivity index (χ1n) is 16.6. The van der Waals surface area contributed by atoms with Crippen LogP contribution < -0.4 is 4.90 Å². The minimum atomic E-state index is 0.869. The number of hydrogen-bond acceptors (Lipinski definition) is 3. The van der Waals surface area contributed by atoms with Gasteiger partial charge in [0, 0.05) is 50.1 Å². The summed E-state index contributed by atoms with van der Waals surface area (Å²) in [6.45, 7) is 0. The van der Waals surface area contributed by atoms with Crippen LogP contribution in [0.3, 0.4) is 0 Å². The minimum Gasteiger partial charge on any atom is -0.456 e. The molecule has 0 amide bonds. The lowest BCUT2D eigenvalue weighted by Crippen LogP contribution is -2.09. The van der Waals surface area contributed by atoms with Crippen molar-refractivity contribution in [1.82, 2.24) is 0 Å². The second-order valence-corrected chi connectivity index (χ2v) is 12.5. The summed E-state index contributed by atoms with van der Waals surface area (Å²) in [4.78, 5) is 2.30. The maximum atomic E-state index is 6.38. The summed E-state index contributed by atoms with van der Waals surface area (Å²) >= 11 is 0. The molecule has 0 fully saturated rings. The lowest BCUT2D eigenvalue weighted by molar-refractivity contribution is 0.669. The van der Waals surface area contributed by atoms with Crippen molar-refractivity contribution in [3.63, 3.8) is 0 Å². The van der Waals surface area contributed by atoms with E-state index in [4.69, 9.17) is 8.83 Å². The molecular weight excluding hydrogens is 599 g/mol. The van der Waals surface area contributed by atoms with Crippen molar-refractivity contribution in [1.29, 1.82) is 0 Å². The summed E-state index contributed by atoms with van der Waals surface area (Å²) in [7, 11) is 0. The fourth-order valence-electron chi connectivity index (χ4n) is 7.31. The number of benzene rings is 8. The Balaban J connectivity index is 1.12. The van der Waals surface area contributed by atoms with Crippen molar-refractivity contribution >= 4 is 71.7 Å². The summed E-state index contributed by atoms with van der Waals surface area (Å²) in [5.74, 6) is 0. The number of fused-ring (bicyclic) bond motifs is 8. The van der Waals surface area contributed by atoms with E-state index in [1.165, 1.54) is 22.1 Å². The van der Waals surface area contributed by atoms with Crippen LogP contribution in [0.4, 0.5) is 17.1 Å². The molecule has 49 heavy (non-hydrogen) atoms. The van der Waals surface area contributed by atoms with E-state index in [0.29, 0.717) is 0 Å². The Morgan fingerprint density at radius 2 is 0.816 bits per heavy atom. The van der Waals surface area contributed by atoms with Gasteiger partial charge in [0.25, 0.3) is 0 Å². The lowest BCUT2D eigenvalue weighted by atomic mass is 9.95. The van der Waals surface area contributed by atoms with Gasteiger partial charge in [0.15, 0.2) is 0 Å². The average molecular weight is 628 g/mol. The molecule has 0 aliphatic carbocycles. The van der Waals surface area contributed by atoms with E-state index >= 15 is 0 Å². The predicted molar refractivity (Wildman–Crippen MR) is 204 cm³/mol. The molecule has 0 atom stereocenters. The second kappa shape index (κ2) is 11.0. The molecule has 8 aromatic carbocycles. The van der Waals surface area contributed by atoms with Gasteiger partial charge in [-0.25, -0.2) is 0 Å². The molecule has 10 aromatic rings. The Kier molecular flexibility index (Phi) is 6.18. The van der Waals surface area contributed by atoms with Gasteiger partial charge in [0.2, 0.25) is 0 Å². The van der Waals surface area contributed by atoms with E-state index in [0.717, 1.165) is 71.9 Å². The highest BCUT2D eigenvalue weighted by atomic mass is 16.3. The van der Waals surface area contributed by atoms with E-state index in [1.807, 2.05) is 24.3 Å². The molecule has 0 radical (unpaired) electrons. The van der Waals surface area contributed by atoms with E-state index in [-0.39, 0.29) is 0 Å². The van der Waals surface area contributed by atoms with Crippen molar-refractivity contribution in [2.24, 2.45) is 0 Å². The van der Waals surface area contributed by atoms with Gasteiger partial charge in [-0.15, -0.1) is 0 Å². The van der Waals surface area contributed by atoms with Gasteiger partial charge in [-0.1, -0.05) is 115 Å². The van der Waals surface area contributed by atoms with Crippen LogP contribution in [0.15, 0.2) is 185 Å². The molecule has 0 aliphatic heterocycles. The summed E-state index contributed by atoms with van der Waals surface area (Å²) < 4.78 is 12.7. The molecule has 0 N–H and O–H groups in total.